The van der Waals surface area contributed by atoms with Crippen LogP contribution >= 0.6 is 0 Å². The highest BCUT2D eigenvalue weighted by Crippen LogP contribution is 2.31. The van der Waals surface area contributed by atoms with Gasteiger partial charge in [-0.05, 0) is 31.1 Å². The first-order chi connectivity index (χ1) is 9.66. The van der Waals surface area contributed by atoms with Crippen LogP contribution in [0.15, 0.2) is 0 Å². The molecule has 1 saturated carbocycles. The summed E-state index contributed by atoms with van der Waals surface area (Å²) >= 11 is 0. The van der Waals surface area contributed by atoms with Gasteiger partial charge in [-0.25, -0.2) is 0 Å². The van der Waals surface area contributed by atoms with E-state index < -0.39 is 0 Å². The monoisotopic (exact) mass is 282 g/mol. The van der Waals surface area contributed by atoms with Gasteiger partial charge in [-0.3, -0.25) is 4.79 Å². The van der Waals surface area contributed by atoms with E-state index in [2.05, 4.69) is 12.2 Å². The van der Waals surface area contributed by atoms with Crippen LogP contribution in [0.3, 0.4) is 0 Å². The molecular weight excluding hydrogens is 252 g/mol. The molecule has 4 heteroatoms. The summed E-state index contributed by atoms with van der Waals surface area (Å²) in [5, 5.41) is 3.13. The Morgan fingerprint density at radius 2 is 1.90 bits per heavy atom. The summed E-state index contributed by atoms with van der Waals surface area (Å²) in [5.41, 5.74) is 5.48. The summed E-state index contributed by atoms with van der Waals surface area (Å²) in [5.74, 6) is 1.84. The number of nitrogens with one attached hydrogen (secondary N) is 1. The van der Waals surface area contributed by atoms with Gasteiger partial charge in [0.2, 0.25) is 5.91 Å². The predicted octanol–water partition coefficient (Wildman–Crippen LogP) is 2.07. The van der Waals surface area contributed by atoms with Gasteiger partial charge in [0.25, 0.3) is 0 Å². The normalized spacial score (nSPS) is 29.9. The molecule has 0 bridgehead atoms. The second-order valence-electron chi connectivity index (χ2n) is 6.77. The van der Waals surface area contributed by atoms with Crippen LogP contribution in [0.5, 0.6) is 0 Å². The molecule has 2 aliphatic rings. The lowest BCUT2D eigenvalue weighted by molar-refractivity contribution is -0.135. The van der Waals surface area contributed by atoms with Crippen molar-refractivity contribution in [2.24, 2.45) is 23.0 Å². The predicted molar refractivity (Wildman–Crippen MR) is 80.3 cm³/mol. The average Bonchev–Trinajstić information content (AvgIpc) is 2.50. The third kappa shape index (κ3) is 3.95. The number of rotatable bonds is 5. The van der Waals surface area contributed by atoms with Crippen LogP contribution in [0.4, 0.5) is 0 Å². The van der Waals surface area contributed by atoms with E-state index in [1.54, 1.807) is 0 Å². The van der Waals surface area contributed by atoms with Crippen LogP contribution in [-0.2, 0) is 9.53 Å². The molecule has 1 aliphatic carbocycles. The minimum atomic E-state index is -0.376. The third-order valence-corrected chi connectivity index (χ3v) is 5.30. The SMILES string of the molecule is CC1CCC(CCNC(=O)C2(CN)CCOCC2)CC1. The molecule has 2 rings (SSSR count). The van der Waals surface area contributed by atoms with Gasteiger partial charge in [-0.2, -0.15) is 0 Å². The molecule has 0 spiro atoms. The number of carbonyl (C=O) groups excluding carboxylic acids is 1. The van der Waals surface area contributed by atoms with Crippen LogP contribution < -0.4 is 11.1 Å². The number of nitrogens with two attached hydrogens (primary N) is 1. The Balaban J connectivity index is 1.71. The van der Waals surface area contributed by atoms with Gasteiger partial charge in [0, 0.05) is 26.3 Å². The first-order valence-corrected chi connectivity index (χ1v) is 8.22. The molecule has 4 nitrogen and oxygen atoms in total. The smallest absolute Gasteiger partial charge is 0.227 e. The van der Waals surface area contributed by atoms with Gasteiger partial charge < -0.3 is 15.8 Å². The molecule has 2 fully saturated rings. The zero-order valence-electron chi connectivity index (χ0n) is 12.8. The molecule has 0 aromatic carbocycles. The summed E-state index contributed by atoms with van der Waals surface area (Å²) in [6.45, 7) is 4.90. The molecule has 0 aromatic rings. The molecule has 1 aliphatic heterocycles. The van der Waals surface area contributed by atoms with Crippen molar-refractivity contribution >= 4 is 5.91 Å². The molecule has 0 aromatic heterocycles. The summed E-state index contributed by atoms with van der Waals surface area (Å²) in [7, 11) is 0. The van der Waals surface area contributed by atoms with Gasteiger partial charge >= 0.3 is 0 Å². The van der Waals surface area contributed by atoms with E-state index in [1.807, 2.05) is 0 Å². The fourth-order valence-corrected chi connectivity index (χ4v) is 3.48. The van der Waals surface area contributed by atoms with E-state index in [9.17, 15) is 4.79 Å². The van der Waals surface area contributed by atoms with Crippen molar-refractivity contribution in [3.63, 3.8) is 0 Å². The quantitative estimate of drug-likeness (QED) is 0.811. The molecular formula is C16H30N2O2. The van der Waals surface area contributed by atoms with Crippen LogP contribution in [0.25, 0.3) is 0 Å². The third-order valence-electron chi connectivity index (χ3n) is 5.30. The number of ether oxygens (including phenoxy) is 1. The van der Waals surface area contributed by atoms with Crippen LogP contribution in [0.1, 0.15) is 51.9 Å². The molecule has 1 heterocycles. The highest BCUT2D eigenvalue weighted by Gasteiger charge is 2.38. The molecule has 116 valence electrons. The summed E-state index contributed by atoms with van der Waals surface area (Å²) in [4.78, 5) is 12.4. The Hall–Kier alpha value is -0.610. The fourth-order valence-electron chi connectivity index (χ4n) is 3.48. The summed E-state index contributed by atoms with van der Waals surface area (Å²) in [6.07, 6.45) is 7.99. The van der Waals surface area contributed by atoms with Crippen LogP contribution in [0.2, 0.25) is 0 Å². The van der Waals surface area contributed by atoms with E-state index in [0.717, 1.165) is 37.6 Å². The maximum Gasteiger partial charge on any atom is 0.227 e. The summed E-state index contributed by atoms with van der Waals surface area (Å²) < 4.78 is 5.35. The largest absolute Gasteiger partial charge is 0.381 e. The Labute approximate surface area is 122 Å². The van der Waals surface area contributed by atoms with Crippen LogP contribution in [0, 0.1) is 17.3 Å². The van der Waals surface area contributed by atoms with Crippen molar-refractivity contribution in [3.8, 4) is 0 Å². The minimum absolute atomic E-state index is 0.146. The van der Waals surface area contributed by atoms with Gasteiger partial charge in [-0.1, -0.05) is 32.6 Å². The first-order valence-electron chi connectivity index (χ1n) is 8.22. The first kappa shape index (κ1) is 15.8. The Morgan fingerprint density at radius 3 is 2.50 bits per heavy atom. The fraction of sp³-hybridized carbons (Fsp3) is 0.938. The number of amides is 1. The van der Waals surface area contributed by atoms with E-state index in [0.29, 0.717) is 19.8 Å². The molecule has 0 unspecified atom stereocenters. The Morgan fingerprint density at radius 1 is 1.25 bits per heavy atom. The maximum atomic E-state index is 12.4. The molecule has 1 saturated heterocycles. The second kappa shape index (κ2) is 7.41. The van der Waals surface area contributed by atoms with Crippen molar-refractivity contribution in [1.82, 2.24) is 5.32 Å². The van der Waals surface area contributed by atoms with Crippen molar-refractivity contribution in [3.05, 3.63) is 0 Å². The van der Waals surface area contributed by atoms with Crippen molar-refractivity contribution in [1.29, 1.82) is 0 Å². The van der Waals surface area contributed by atoms with Gasteiger partial charge in [0.05, 0.1) is 5.41 Å². The van der Waals surface area contributed by atoms with Crippen LogP contribution in [-0.4, -0.2) is 32.2 Å². The van der Waals surface area contributed by atoms with E-state index in [1.165, 1.54) is 25.7 Å². The molecule has 3 N–H and O–H groups in total. The number of carbonyl (C=O) groups is 1. The van der Waals surface area contributed by atoms with E-state index in [-0.39, 0.29) is 11.3 Å². The second-order valence-corrected chi connectivity index (χ2v) is 6.77. The molecule has 0 atom stereocenters. The number of hydrogen-bond acceptors (Lipinski definition) is 3. The van der Waals surface area contributed by atoms with E-state index >= 15 is 0 Å². The highest BCUT2D eigenvalue weighted by molar-refractivity contribution is 5.83. The Bertz CT molecular complexity index is 306. The number of hydrogen-bond donors (Lipinski definition) is 2. The molecule has 1 amide bonds. The lowest BCUT2D eigenvalue weighted by Crippen LogP contribution is -2.49. The molecule has 20 heavy (non-hydrogen) atoms. The average molecular weight is 282 g/mol. The van der Waals surface area contributed by atoms with Crippen molar-refractivity contribution < 1.29 is 9.53 Å². The van der Waals surface area contributed by atoms with Gasteiger partial charge in [0.15, 0.2) is 0 Å². The zero-order chi connectivity index (χ0) is 14.4. The highest BCUT2D eigenvalue weighted by atomic mass is 16.5. The minimum Gasteiger partial charge on any atom is -0.381 e. The van der Waals surface area contributed by atoms with Crippen molar-refractivity contribution in [2.45, 2.75) is 51.9 Å². The lowest BCUT2D eigenvalue weighted by atomic mass is 9.79. The standard InChI is InChI=1S/C16H30N2O2/c1-13-2-4-14(5-3-13)6-9-18-15(19)16(12-17)7-10-20-11-8-16/h13-14H,2-12,17H2,1H3,(H,18,19). The Kier molecular flexibility index (Phi) is 5.85. The zero-order valence-corrected chi connectivity index (χ0v) is 12.8. The summed E-state index contributed by atoms with van der Waals surface area (Å²) in [6, 6.07) is 0. The van der Waals surface area contributed by atoms with E-state index in [4.69, 9.17) is 10.5 Å². The van der Waals surface area contributed by atoms with Gasteiger partial charge in [-0.15, -0.1) is 0 Å². The lowest BCUT2D eigenvalue weighted by Gasteiger charge is -2.34. The maximum absolute atomic E-state index is 12.4. The molecule has 0 radical (unpaired) electrons. The topological polar surface area (TPSA) is 64.4 Å². The van der Waals surface area contributed by atoms with Gasteiger partial charge in [0.1, 0.15) is 0 Å². The van der Waals surface area contributed by atoms with Crippen molar-refractivity contribution in [2.75, 3.05) is 26.3 Å².